The Hall–Kier alpha value is -3.32. The van der Waals surface area contributed by atoms with Gasteiger partial charge in [-0.05, 0) is 23.8 Å². The molecule has 0 atom stereocenters. The summed E-state index contributed by atoms with van der Waals surface area (Å²) in [7, 11) is 0. The molecule has 4 N–H and O–H groups in total. The average Bonchev–Trinajstić information content (AvgIpc) is 3.12. The number of para-hydroxylation sites is 1. The summed E-state index contributed by atoms with van der Waals surface area (Å²) < 4.78 is 0. The van der Waals surface area contributed by atoms with Crippen LogP contribution >= 0.6 is 11.6 Å². The molecule has 0 bridgehead atoms. The molecule has 0 saturated heterocycles. The highest BCUT2D eigenvalue weighted by atomic mass is 35.5. The van der Waals surface area contributed by atoms with Crippen molar-refractivity contribution < 1.29 is 4.98 Å². The van der Waals surface area contributed by atoms with Crippen molar-refractivity contribution in [1.29, 1.82) is 0 Å². The van der Waals surface area contributed by atoms with Gasteiger partial charge in [0.25, 0.3) is 0 Å². The fourth-order valence-corrected chi connectivity index (χ4v) is 4.00. The van der Waals surface area contributed by atoms with Crippen molar-refractivity contribution in [2.75, 3.05) is 28.6 Å². The summed E-state index contributed by atoms with van der Waals surface area (Å²) in [5.74, 6) is 1.27. The molecule has 1 aliphatic heterocycles. The number of hydrogen-bond acceptors (Lipinski definition) is 5. The second-order valence-corrected chi connectivity index (χ2v) is 7.61. The molecule has 29 heavy (non-hydrogen) atoms. The standard InChI is InChI=1S/C21H20ClN7/c22-16-7-5-14(6-8-16)11-28-9-10-29(12-15-3-1-2-4-17(15)28)20-18-19(25-13-24-18)26-21(23)27-20/h1-8,13H,9-12H2,(H3,23,24,25,26,27)/p+1. The highest BCUT2D eigenvalue weighted by Gasteiger charge is 2.26. The molecular formula is C21H21ClN7+. The second-order valence-electron chi connectivity index (χ2n) is 7.17. The van der Waals surface area contributed by atoms with Crippen LogP contribution in [-0.4, -0.2) is 28.0 Å². The molecule has 0 saturated carbocycles. The van der Waals surface area contributed by atoms with Crippen molar-refractivity contribution in [3.8, 4) is 0 Å². The Kier molecular flexibility index (Phi) is 4.44. The SMILES string of the molecule is Nc1nc2nc[nH]c2c(N2CCN(Cc3ccc(Cl)cc3)c3ccccc3C2)[nH+]1. The highest BCUT2D eigenvalue weighted by molar-refractivity contribution is 6.30. The van der Waals surface area contributed by atoms with Crippen molar-refractivity contribution in [3.05, 3.63) is 71.0 Å². The van der Waals surface area contributed by atoms with Gasteiger partial charge in [-0.15, -0.1) is 0 Å². The summed E-state index contributed by atoms with van der Waals surface area (Å²) in [4.78, 5) is 19.6. The normalized spacial score (nSPS) is 14.1. The van der Waals surface area contributed by atoms with E-state index in [1.807, 2.05) is 12.1 Å². The summed E-state index contributed by atoms with van der Waals surface area (Å²) in [6.45, 7) is 3.28. The van der Waals surface area contributed by atoms with Crippen LogP contribution in [0, 0.1) is 0 Å². The predicted molar refractivity (Wildman–Crippen MR) is 115 cm³/mol. The molecule has 1 aliphatic rings. The van der Waals surface area contributed by atoms with Crippen LogP contribution in [0.25, 0.3) is 11.2 Å². The Labute approximate surface area is 173 Å². The molecule has 8 heteroatoms. The van der Waals surface area contributed by atoms with Crippen molar-refractivity contribution >= 4 is 40.2 Å². The number of fused-ring (bicyclic) bond motifs is 2. The van der Waals surface area contributed by atoms with Gasteiger partial charge in [0.05, 0.1) is 19.4 Å². The lowest BCUT2D eigenvalue weighted by Gasteiger charge is -2.24. The van der Waals surface area contributed by atoms with E-state index in [1.165, 1.54) is 16.8 Å². The third-order valence-corrected chi connectivity index (χ3v) is 5.52. The third-order valence-electron chi connectivity index (χ3n) is 5.27. The van der Waals surface area contributed by atoms with Crippen LogP contribution < -0.4 is 20.5 Å². The summed E-state index contributed by atoms with van der Waals surface area (Å²) in [6.07, 6.45) is 1.65. The number of aromatic amines is 2. The minimum absolute atomic E-state index is 0.357. The van der Waals surface area contributed by atoms with Gasteiger partial charge in [0.15, 0.2) is 5.52 Å². The quantitative estimate of drug-likeness (QED) is 0.546. The van der Waals surface area contributed by atoms with Gasteiger partial charge in [-0.3, -0.25) is 0 Å². The van der Waals surface area contributed by atoms with Gasteiger partial charge in [0.1, 0.15) is 0 Å². The van der Waals surface area contributed by atoms with Crippen LogP contribution in [0.15, 0.2) is 54.9 Å². The van der Waals surface area contributed by atoms with Gasteiger partial charge in [-0.1, -0.05) is 46.9 Å². The first kappa shape index (κ1) is 17.8. The molecule has 4 aromatic rings. The van der Waals surface area contributed by atoms with Gasteiger partial charge >= 0.3 is 5.95 Å². The zero-order valence-corrected chi connectivity index (χ0v) is 16.5. The number of imidazole rings is 1. The summed E-state index contributed by atoms with van der Waals surface area (Å²) in [6, 6.07) is 16.6. The summed E-state index contributed by atoms with van der Waals surface area (Å²) in [5, 5.41) is 0.755. The van der Waals surface area contributed by atoms with E-state index < -0.39 is 0 Å². The molecule has 0 radical (unpaired) electrons. The number of nitrogen functional groups attached to an aromatic ring is 1. The van der Waals surface area contributed by atoms with Crippen molar-refractivity contribution in [2.45, 2.75) is 13.1 Å². The molecule has 7 nitrogen and oxygen atoms in total. The number of halogens is 1. The minimum Gasteiger partial charge on any atom is -0.364 e. The van der Waals surface area contributed by atoms with Crippen molar-refractivity contribution in [3.63, 3.8) is 0 Å². The Morgan fingerprint density at radius 2 is 1.93 bits per heavy atom. The van der Waals surface area contributed by atoms with E-state index >= 15 is 0 Å². The molecule has 2 aromatic carbocycles. The van der Waals surface area contributed by atoms with Gasteiger partial charge < -0.3 is 20.5 Å². The van der Waals surface area contributed by atoms with Gasteiger partial charge in [0.2, 0.25) is 11.5 Å². The zero-order chi connectivity index (χ0) is 19.8. The summed E-state index contributed by atoms with van der Waals surface area (Å²) >= 11 is 6.05. The summed E-state index contributed by atoms with van der Waals surface area (Å²) in [5.41, 5.74) is 11.2. The maximum atomic E-state index is 6.05. The van der Waals surface area contributed by atoms with Crippen LogP contribution in [-0.2, 0) is 13.1 Å². The first-order chi connectivity index (χ1) is 14.2. The fraction of sp³-hybridized carbons (Fsp3) is 0.190. The number of hydrogen-bond donors (Lipinski definition) is 2. The highest BCUT2D eigenvalue weighted by Crippen LogP contribution is 2.29. The molecule has 5 rings (SSSR count). The van der Waals surface area contributed by atoms with Crippen molar-refractivity contribution in [1.82, 2.24) is 15.0 Å². The lowest BCUT2D eigenvalue weighted by atomic mass is 10.1. The van der Waals surface area contributed by atoms with E-state index in [9.17, 15) is 0 Å². The number of rotatable bonds is 3. The smallest absolute Gasteiger partial charge is 0.344 e. The molecule has 0 unspecified atom stereocenters. The molecule has 2 aromatic heterocycles. The number of aromatic nitrogens is 4. The number of anilines is 3. The fourth-order valence-electron chi connectivity index (χ4n) is 3.87. The van der Waals surface area contributed by atoms with E-state index in [4.69, 9.17) is 17.3 Å². The van der Waals surface area contributed by atoms with E-state index in [-0.39, 0.29) is 0 Å². The van der Waals surface area contributed by atoms with Gasteiger partial charge in [-0.25, -0.2) is 9.97 Å². The van der Waals surface area contributed by atoms with Crippen LogP contribution in [0.5, 0.6) is 0 Å². The molecule has 0 aliphatic carbocycles. The third kappa shape index (κ3) is 3.45. The first-order valence-electron chi connectivity index (χ1n) is 9.51. The lowest BCUT2D eigenvalue weighted by molar-refractivity contribution is -0.348. The van der Waals surface area contributed by atoms with Gasteiger partial charge in [-0.2, -0.15) is 0 Å². The Balaban J connectivity index is 1.50. The number of nitrogens with zero attached hydrogens (tertiary/aromatic N) is 4. The Morgan fingerprint density at radius 3 is 2.79 bits per heavy atom. The minimum atomic E-state index is 0.357. The lowest BCUT2D eigenvalue weighted by Crippen LogP contribution is -2.35. The molecule has 0 spiro atoms. The second kappa shape index (κ2) is 7.25. The van der Waals surface area contributed by atoms with E-state index in [0.29, 0.717) is 11.6 Å². The zero-order valence-electron chi connectivity index (χ0n) is 15.8. The maximum absolute atomic E-state index is 6.05. The van der Waals surface area contributed by atoms with Crippen LogP contribution in [0.3, 0.4) is 0 Å². The Bertz CT molecular complexity index is 1160. The van der Waals surface area contributed by atoms with Crippen molar-refractivity contribution in [2.24, 2.45) is 0 Å². The molecule has 146 valence electrons. The Morgan fingerprint density at radius 1 is 1.10 bits per heavy atom. The maximum Gasteiger partial charge on any atom is 0.344 e. The van der Waals surface area contributed by atoms with Crippen LogP contribution in [0.4, 0.5) is 17.5 Å². The number of nitrogens with two attached hydrogens (primary N) is 1. The largest absolute Gasteiger partial charge is 0.364 e. The monoisotopic (exact) mass is 406 g/mol. The van der Waals surface area contributed by atoms with E-state index in [0.717, 1.165) is 42.5 Å². The van der Waals surface area contributed by atoms with Gasteiger partial charge in [0, 0.05) is 29.4 Å². The molecule has 3 heterocycles. The van der Waals surface area contributed by atoms with Crippen LogP contribution in [0.1, 0.15) is 11.1 Å². The molecular weight excluding hydrogens is 386 g/mol. The predicted octanol–water partition coefficient (Wildman–Crippen LogP) is 3.03. The van der Waals surface area contributed by atoms with Crippen LogP contribution in [0.2, 0.25) is 5.02 Å². The van der Waals surface area contributed by atoms with E-state index in [1.54, 1.807) is 6.33 Å². The van der Waals surface area contributed by atoms with E-state index in [2.05, 4.69) is 66.1 Å². The first-order valence-corrected chi connectivity index (χ1v) is 9.89. The number of benzene rings is 2. The topological polar surface area (TPSA) is 88.2 Å². The molecule has 0 amide bonds. The average molecular weight is 407 g/mol. The number of nitrogens with one attached hydrogen (secondary N) is 2. The number of H-pyrrole nitrogens is 2. The molecule has 0 fully saturated rings.